The number of benzene rings is 2. The first-order valence-electron chi connectivity index (χ1n) is 33.1. The summed E-state index contributed by atoms with van der Waals surface area (Å²) in [5.41, 5.74) is 24.9. The first kappa shape index (κ1) is 76.6. The van der Waals surface area contributed by atoms with Gasteiger partial charge in [-0.1, -0.05) is 279 Å². The van der Waals surface area contributed by atoms with Crippen molar-refractivity contribution in [1.29, 1.82) is 0 Å². The van der Waals surface area contributed by atoms with E-state index in [2.05, 4.69) is 128 Å². The summed E-state index contributed by atoms with van der Waals surface area (Å²) < 4.78 is 0. The number of aryl methyl sites for hydroxylation is 4. The van der Waals surface area contributed by atoms with Crippen LogP contribution < -0.4 is 0 Å². The van der Waals surface area contributed by atoms with Crippen LogP contribution in [0.25, 0.3) is 11.1 Å². The summed E-state index contributed by atoms with van der Waals surface area (Å²) in [6, 6.07) is 10.2. The molecule has 0 N–H and O–H groups in total. The van der Waals surface area contributed by atoms with Crippen LogP contribution in [0.1, 0.15) is 351 Å². The van der Waals surface area contributed by atoms with Gasteiger partial charge in [-0.15, -0.1) is 4.79 Å². The average Bonchev–Trinajstić information content (AvgIpc) is 3.43. The van der Waals surface area contributed by atoms with Crippen LogP contribution in [0.3, 0.4) is 0 Å². The van der Waals surface area contributed by atoms with E-state index < -0.39 is 0 Å². The smallest absolute Gasteiger partial charge is 0.694 e. The SMILES string of the molecule is CCCCCCCC#CC(C(=C=[N+]=[N-])CC)=C(c1cc(CCC)c(CCC)c(CCC)c1)c1cc(CCCCC)c(CCCCC)c(CCCCC)c1.[C-]#CCCCCCCCCCC.[C-]#CCCCCCCCCCC.[Ni+2]. The van der Waals surface area contributed by atoms with Crippen LogP contribution in [0.5, 0.6) is 0 Å². The molecule has 0 aliphatic heterocycles. The molecule has 0 fully saturated rings. The summed E-state index contributed by atoms with van der Waals surface area (Å²) in [5, 5.41) is 0. The molecule has 2 nitrogen and oxygen atoms in total. The molecule has 440 valence electrons. The third-order valence-electron chi connectivity index (χ3n) is 15.1. The Morgan fingerprint density at radius 1 is 0.385 bits per heavy atom. The van der Waals surface area contributed by atoms with Gasteiger partial charge in [0.05, 0.1) is 11.1 Å². The second kappa shape index (κ2) is 56.8. The van der Waals surface area contributed by atoms with Crippen molar-refractivity contribution in [3.8, 4) is 23.7 Å². The van der Waals surface area contributed by atoms with Crippen molar-refractivity contribution >= 4 is 11.4 Å². The van der Waals surface area contributed by atoms with Gasteiger partial charge in [0.15, 0.2) is 0 Å². The average molecular weight is 1110 g/mol. The second-order valence-electron chi connectivity index (χ2n) is 22.2. The van der Waals surface area contributed by atoms with Gasteiger partial charge < -0.3 is 30.2 Å². The zero-order chi connectivity index (χ0) is 56.8. The number of nitrogens with zero attached hydrogens (tertiary/aromatic N) is 2. The van der Waals surface area contributed by atoms with E-state index in [0.29, 0.717) is 6.42 Å². The van der Waals surface area contributed by atoms with Crippen molar-refractivity contribution in [2.24, 2.45) is 0 Å². The molecule has 2 aromatic carbocycles. The summed E-state index contributed by atoms with van der Waals surface area (Å²) in [4.78, 5) is 3.51. The molecule has 0 saturated heterocycles. The normalized spacial score (nSPS) is 10.8. The van der Waals surface area contributed by atoms with E-state index in [4.69, 9.17) is 12.8 Å². The maximum absolute atomic E-state index is 9.95. The van der Waals surface area contributed by atoms with Crippen LogP contribution in [0.4, 0.5) is 0 Å². The van der Waals surface area contributed by atoms with Crippen molar-refractivity contribution < 1.29 is 21.3 Å². The fraction of sp³-hybridized carbons (Fsp3) is 0.707. The number of unbranched alkanes of at least 4 members (excludes halogenated alkanes) is 27. The van der Waals surface area contributed by atoms with E-state index >= 15 is 0 Å². The summed E-state index contributed by atoms with van der Waals surface area (Å²) in [7, 11) is 0. The Morgan fingerprint density at radius 3 is 1.05 bits per heavy atom. The molecule has 0 heterocycles. The minimum Gasteiger partial charge on any atom is -0.694 e. The van der Waals surface area contributed by atoms with Crippen molar-refractivity contribution in [2.45, 2.75) is 345 Å². The van der Waals surface area contributed by atoms with E-state index in [-0.39, 0.29) is 16.5 Å². The predicted molar refractivity (Wildman–Crippen MR) is 343 cm³/mol. The maximum Gasteiger partial charge on any atom is 2.00 e. The van der Waals surface area contributed by atoms with Gasteiger partial charge >= 0.3 is 22.4 Å². The second-order valence-corrected chi connectivity index (χ2v) is 22.2. The molecule has 0 saturated carbocycles. The Hall–Kier alpha value is -3.49. The molecule has 78 heavy (non-hydrogen) atoms. The molecule has 0 atom stereocenters. The Kier molecular flexibility index (Phi) is 55.7. The Bertz CT molecular complexity index is 1940. The number of hydrogen-bond donors (Lipinski definition) is 0. The van der Waals surface area contributed by atoms with Crippen LogP contribution in [-0.4, -0.2) is 10.7 Å². The van der Waals surface area contributed by atoms with Gasteiger partial charge in [0.2, 0.25) is 0 Å². The first-order valence-corrected chi connectivity index (χ1v) is 33.1. The van der Waals surface area contributed by atoms with Crippen LogP contribution >= 0.6 is 0 Å². The topological polar surface area (TPSA) is 36.4 Å². The van der Waals surface area contributed by atoms with Gasteiger partial charge in [0.1, 0.15) is 0 Å². The van der Waals surface area contributed by atoms with Gasteiger partial charge in [0.25, 0.3) is 0 Å². The fourth-order valence-corrected chi connectivity index (χ4v) is 10.7. The minimum absolute atomic E-state index is 0. The third-order valence-corrected chi connectivity index (χ3v) is 15.1. The monoisotopic (exact) mass is 1110 g/mol. The molecule has 2 aromatic rings. The van der Waals surface area contributed by atoms with Crippen molar-refractivity contribution in [3.63, 3.8) is 0 Å². The minimum atomic E-state index is 0. The van der Waals surface area contributed by atoms with Gasteiger partial charge in [-0.25, -0.2) is 0 Å². The molecule has 0 bridgehead atoms. The zero-order valence-corrected chi connectivity index (χ0v) is 53.9. The van der Waals surface area contributed by atoms with Gasteiger partial charge in [-0.05, 0) is 141 Å². The van der Waals surface area contributed by atoms with E-state index in [0.717, 1.165) is 101 Å². The van der Waals surface area contributed by atoms with Crippen molar-refractivity contribution in [2.75, 3.05) is 0 Å². The molecule has 0 spiro atoms. The van der Waals surface area contributed by atoms with Crippen LogP contribution in [0.2, 0.25) is 0 Å². The van der Waals surface area contributed by atoms with Crippen molar-refractivity contribution in [3.05, 3.63) is 98.3 Å². The molecule has 3 heteroatoms. The van der Waals surface area contributed by atoms with E-state index in [1.165, 1.54) is 208 Å². The maximum atomic E-state index is 9.95. The Morgan fingerprint density at radius 2 is 0.705 bits per heavy atom. The standard InChI is InChI=1S/C51H78N2.2C12H21.Ni/c1-9-17-21-22-23-24-28-35-50(41(16-8)40-53-52)51(46-36-42(29-13-5)48(31-15-7)43(37-46)30-14-6)47-38-44(32-25-18-10-2)49(34-27-20-12-4)45(39-47)33-26-19-11-3;2*1-3-5-7-9-11-12-10-8-6-4-2;/h36-39H,9-27,29-34H2,1-8H3;2*3,5-12H2,1H3;/q;2*-1;+2. The molecular weight excluding hydrogens is 988 g/mol. The largest absolute Gasteiger partial charge is 2.00 e. The van der Waals surface area contributed by atoms with Crippen LogP contribution in [0, 0.1) is 36.5 Å². The van der Waals surface area contributed by atoms with E-state index in [1.54, 1.807) is 22.3 Å². The summed E-state index contributed by atoms with van der Waals surface area (Å²) in [5.74, 6) is 15.3. The molecular formula is C75H120N2Ni. The van der Waals surface area contributed by atoms with Crippen LogP contribution in [0.15, 0.2) is 35.4 Å². The van der Waals surface area contributed by atoms with E-state index in [1.807, 2.05) is 0 Å². The van der Waals surface area contributed by atoms with Gasteiger partial charge in [-0.3, -0.25) is 0 Å². The quantitative estimate of drug-likeness (QED) is 0.00928. The summed E-state index contributed by atoms with van der Waals surface area (Å²) in [6.07, 6.45) is 65.7. The Balaban J connectivity index is 0. The molecule has 0 amide bonds. The molecule has 0 aliphatic carbocycles. The molecule has 2 rings (SSSR count). The number of hydrogen-bond acceptors (Lipinski definition) is 0. The summed E-state index contributed by atoms with van der Waals surface area (Å²) in [6.45, 7) is 22.8. The zero-order valence-electron chi connectivity index (χ0n) is 52.9. The third kappa shape index (κ3) is 36.7. The van der Waals surface area contributed by atoms with Crippen molar-refractivity contribution in [1.82, 2.24) is 0 Å². The van der Waals surface area contributed by atoms with E-state index in [9.17, 15) is 5.53 Å². The molecule has 0 aliphatic rings. The fourth-order valence-electron chi connectivity index (χ4n) is 10.7. The first-order chi connectivity index (χ1) is 37.8. The number of rotatable bonds is 43. The number of allylic oxidation sites excluding steroid dienone is 2. The predicted octanol–water partition coefficient (Wildman–Crippen LogP) is 23.4. The molecule has 0 aromatic heterocycles. The Labute approximate surface area is 497 Å². The van der Waals surface area contributed by atoms with Crippen LogP contribution in [-0.2, 0) is 55.0 Å². The van der Waals surface area contributed by atoms with Gasteiger partial charge in [-0.2, -0.15) is 0 Å². The summed E-state index contributed by atoms with van der Waals surface area (Å²) >= 11 is 0. The molecule has 0 radical (unpaired) electrons. The van der Waals surface area contributed by atoms with Gasteiger partial charge in [0, 0.05) is 12.0 Å². The molecule has 0 unspecified atom stereocenters.